The van der Waals surface area contributed by atoms with Gasteiger partial charge in [-0.15, -0.1) is 0 Å². The molecular formula is C3H11NO2P2. The summed E-state index contributed by atoms with van der Waals surface area (Å²) in [6.45, 7) is 0.600. The maximum atomic E-state index is 8.49. The molecule has 0 rings (SSSR count). The van der Waals surface area contributed by atoms with E-state index in [9.17, 15) is 0 Å². The predicted octanol–water partition coefficient (Wildman–Crippen LogP) is -0.466. The van der Waals surface area contributed by atoms with E-state index in [1.165, 1.54) is 0 Å². The van der Waals surface area contributed by atoms with Crippen LogP contribution in [-0.4, -0.2) is 24.4 Å². The maximum Gasteiger partial charge on any atom is 0.0680 e. The van der Waals surface area contributed by atoms with Crippen LogP contribution < -0.4 is 5.09 Å². The van der Waals surface area contributed by atoms with E-state index in [1.807, 2.05) is 0 Å². The molecular weight excluding hydrogens is 144 g/mol. The predicted molar refractivity (Wildman–Crippen MR) is 39.4 cm³/mol. The monoisotopic (exact) mass is 155 g/mol. The minimum absolute atomic E-state index is 0.0255. The van der Waals surface area contributed by atoms with E-state index in [4.69, 9.17) is 5.11 Å². The van der Waals surface area contributed by atoms with E-state index < -0.39 is 0 Å². The van der Waals surface area contributed by atoms with Crippen LogP contribution in [0.2, 0.25) is 0 Å². The van der Waals surface area contributed by atoms with Gasteiger partial charge in [-0.3, -0.25) is 5.09 Å². The number of rotatable bonds is 4. The summed E-state index contributed by atoms with van der Waals surface area (Å²) in [5.74, 6) is 0. The highest BCUT2D eigenvalue weighted by atomic mass is 31.0. The van der Waals surface area contributed by atoms with Crippen LogP contribution in [0, 0.1) is 0 Å². The van der Waals surface area contributed by atoms with Crippen LogP contribution in [0.5, 0.6) is 0 Å². The van der Waals surface area contributed by atoms with Crippen LogP contribution in [0.25, 0.3) is 0 Å². The summed E-state index contributed by atoms with van der Waals surface area (Å²) in [6, 6.07) is 0.0255. The van der Waals surface area contributed by atoms with Gasteiger partial charge in [-0.05, 0) is 0 Å². The van der Waals surface area contributed by atoms with Crippen molar-refractivity contribution in [2.45, 2.75) is 6.04 Å². The van der Waals surface area contributed by atoms with Gasteiger partial charge in [0.05, 0.1) is 19.3 Å². The molecule has 0 heterocycles. The van der Waals surface area contributed by atoms with Crippen LogP contribution >= 0.6 is 18.9 Å². The number of aliphatic hydroxyl groups is 1. The lowest BCUT2D eigenvalue weighted by Crippen LogP contribution is -2.28. The molecule has 0 aliphatic rings. The largest absolute Gasteiger partial charge is 0.395 e. The Balaban J connectivity index is 3.07. The van der Waals surface area contributed by atoms with E-state index in [2.05, 4.69) is 28.5 Å². The minimum Gasteiger partial charge on any atom is -0.395 e. The Bertz CT molecular complexity index is 50.5. The first-order valence-corrected chi connectivity index (χ1v) is 3.28. The zero-order chi connectivity index (χ0) is 6.41. The maximum absolute atomic E-state index is 8.49. The van der Waals surface area contributed by atoms with Crippen LogP contribution in [0.4, 0.5) is 0 Å². The molecule has 3 atom stereocenters. The Hall–Kier alpha value is 0.740. The molecule has 0 aliphatic heterocycles. The van der Waals surface area contributed by atoms with Crippen LogP contribution in [0.3, 0.4) is 0 Å². The van der Waals surface area contributed by atoms with Crippen molar-refractivity contribution in [2.75, 3.05) is 13.2 Å². The van der Waals surface area contributed by atoms with Crippen molar-refractivity contribution in [3.8, 4) is 0 Å². The summed E-state index contributed by atoms with van der Waals surface area (Å²) in [6.07, 6.45) is 0. The standard InChI is InChI=1S/C3H11NO2P2/c5-1-3(4-7)2-6-8/h3-5H,1-2,7-8H2. The second kappa shape index (κ2) is 5.87. The number of aliphatic hydroxyl groups excluding tert-OH is 1. The molecule has 0 aliphatic carbocycles. The summed E-state index contributed by atoms with van der Waals surface area (Å²) < 4.78 is 4.67. The molecule has 0 saturated carbocycles. The van der Waals surface area contributed by atoms with Gasteiger partial charge >= 0.3 is 0 Å². The lowest BCUT2D eigenvalue weighted by Gasteiger charge is -2.09. The van der Waals surface area contributed by atoms with Crippen LogP contribution in [0.1, 0.15) is 0 Å². The Labute approximate surface area is 53.7 Å². The van der Waals surface area contributed by atoms with E-state index >= 15 is 0 Å². The number of hydrogen-bond donors (Lipinski definition) is 2. The summed E-state index contributed by atoms with van der Waals surface area (Å²) in [5, 5.41) is 11.3. The molecule has 0 aromatic carbocycles. The first kappa shape index (κ1) is 8.74. The molecule has 0 radical (unpaired) electrons. The van der Waals surface area contributed by atoms with Gasteiger partial charge in [0.25, 0.3) is 0 Å². The molecule has 0 bridgehead atoms. The lowest BCUT2D eigenvalue weighted by atomic mass is 10.4. The first-order chi connectivity index (χ1) is 3.85. The highest BCUT2D eigenvalue weighted by Crippen LogP contribution is 1.91. The third kappa shape index (κ3) is 3.71. The number of nitrogens with one attached hydrogen (secondary N) is 1. The van der Waals surface area contributed by atoms with Crippen molar-refractivity contribution >= 4 is 18.9 Å². The Morgan fingerprint density at radius 2 is 2.38 bits per heavy atom. The third-order valence-electron chi connectivity index (χ3n) is 0.753. The van der Waals surface area contributed by atoms with Crippen molar-refractivity contribution in [1.82, 2.24) is 5.09 Å². The molecule has 5 heteroatoms. The van der Waals surface area contributed by atoms with E-state index in [-0.39, 0.29) is 12.6 Å². The summed E-state index contributed by atoms with van der Waals surface area (Å²) >= 11 is 0. The molecule has 0 saturated heterocycles. The molecule has 50 valence electrons. The summed E-state index contributed by atoms with van der Waals surface area (Å²) in [5.41, 5.74) is 0. The molecule has 0 fully saturated rings. The fourth-order valence-corrected chi connectivity index (χ4v) is 0.704. The Morgan fingerprint density at radius 3 is 2.50 bits per heavy atom. The van der Waals surface area contributed by atoms with Crippen LogP contribution in [0.15, 0.2) is 0 Å². The van der Waals surface area contributed by atoms with Crippen molar-refractivity contribution in [3.05, 3.63) is 0 Å². The van der Waals surface area contributed by atoms with Gasteiger partial charge in [0.15, 0.2) is 0 Å². The van der Waals surface area contributed by atoms with Crippen molar-refractivity contribution in [2.24, 2.45) is 0 Å². The average molecular weight is 155 g/mol. The molecule has 3 unspecified atom stereocenters. The van der Waals surface area contributed by atoms with Gasteiger partial charge in [0.1, 0.15) is 0 Å². The lowest BCUT2D eigenvalue weighted by molar-refractivity contribution is 0.213. The average Bonchev–Trinajstić information content (AvgIpc) is 1.83. The second-order valence-corrected chi connectivity index (χ2v) is 2.05. The van der Waals surface area contributed by atoms with Gasteiger partial charge in [-0.2, -0.15) is 0 Å². The van der Waals surface area contributed by atoms with Gasteiger partial charge < -0.3 is 9.63 Å². The number of hydrogen-bond acceptors (Lipinski definition) is 3. The van der Waals surface area contributed by atoms with Crippen molar-refractivity contribution in [1.29, 1.82) is 0 Å². The molecule has 0 spiro atoms. The molecule has 8 heavy (non-hydrogen) atoms. The third-order valence-corrected chi connectivity index (χ3v) is 1.42. The van der Waals surface area contributed by atoms with E-state index in [0.29, 0.717) is 6.61 Å². The second-order valence-electron chi connectivity index (χ2n) is 1.38. The summed E-state index contributed by atoms with van der Waals surface area (Å²) in [4.78, 5) is 0. The minimum atomic E-state index is 0.0255. The normalized spacial score (nSPS) is 13.9. The van der Waals surface area contributed by atoms with E-state index in [0.717, 1.165) is 0 Å². The molecule has 3 nitrogen and oxygen atoms in total. The molecule has 2 N–H and O–H groups in total. The molecule has 0 aromatic rings. The quantitative estimate of drug-likeness (QED) is 0.539. The topological polar surface area (TPSA) is 41.5 Å². The van der Waals surface area contributed by atoms with Crippen molar-refractivity contribution < 1.29 is 9.63 Å². The zero-order valence-electron chi connectivity index (χ0n) is 4.50. The van der Waals surface area contributed by atoms with Gasteiger partial charge in [0.2, 0.25) is 0 Å². The summed E-state index contributed by atoms with van der Waals surface area (Å²) in [7, 11) is 4.44. The highest BCUT2D eigenvalue weighted by molar-refractivity contribution is 7.13. The van der Waals surface area contributed by atoms with Gasteiger partial charge in [-0.25, -0.2) is 0 Å². The van der Waals surface area contributed by atoms with Crippen LogP contribution in [-0.2, 0) is 4.52 Å². The Morgan fingerprint density at radius 1 is 1.75 bits per heavy atom. The SMILES string of the molecule is OCC(COP)NP. The fourth-order valence-electron chi connectivity index (χ4n) is 0.270. The highest BCUT2D eigenvalue weighted by Gasteiger charge is 2.00. The van der Waals surface area contributed by atoms with Crippen molar-refractivity contribution in [3.63, 3.8) is 0 Å². The van der Waals surface area contributed by atoms with E-state index in [1.54, 1.807) is 0 Å². The smallest absolute Gasteiger partial charge is 0.0680 e. The fraction of sp³-hybridized carbons (Fsp3) is 1.00. The zero-order valence-corrected chi connectivity index (χ0v) is 6.81. The first-order valence-electron chi connectivity index (χ1n) is 2.23. The molecule has 0 aromatic heterocycles. The molecule has 0 amide bonds. The van der Waals surface area contributed by atoms with Gasteiger partial charge in [0, 0.05) is 9.47 Å². The van der Waals surface area contributed by atoms with Gasteiger partial charge in [-0.1, -0.05) is 9.39 Å². The Kier molecular flexibility index (Phi) is 6.41.